The first kappa shape index (κ1) is 49.9. The molecule has 61 heavy (non-hydrogen) atoms. The van der Waals surface area contributed by atoms with E-state index in [4.69, 9.17) is 18.9 Å². The number of hydrogen-bond donors (Lipinski definition) is 1. The fraction of sp³-hybridized carbons (Fsp3) is 0.341. The number of aromatic carboxylic acids is 1. The largest absolute Gasteiger partial charge is 1.00 e. The van der Waals surface area contributed by atoms with E-state index in [0.29, 0.717) is 33.9 Å². The van der Waals surface area contributed by atoms with E-state index in [1.54, 1.807) is 43.2 Å². The molecule has 3 aromatic carbocycles. The van der Waals surface area contributed by atoms with Gasteiger partial charge in [0.1, 0.15) is 51.6 Å². The molecule has 0 aromatic heterocycles. The third kappa shape index (κ3) is 10.1. The number of hydrogen-bond acceptors (Lipinski definition) is 14. The van der Waals surface area contributed by atoms with Crippen LogP contribution in [0.15, 0.2) is 99.1 Å². The van der Waals surface area contributed by atoms with E-state index in [9.17, 15) is 45.7 Å². The molecule has 1 N–H and O–H groups in total. The molecule has 1 aliphatic carbocycles. The summed E-state index contributed by atoms with van der Waals surface area (Å²) in [7, 11) is -9.64. The van der Waals surface area contributed by atoms with Crippen molar-refractivity contribution < 1.29 is 172 Å². The minimum atomic E-state index is -4.82. The molecule has 0 spiro atoms. The van der Waals surface area contributed by atoms with E-state index < -0.39 is 58.4 Å². The molecule has 0 saturated heterocycles. The Kier molecular flexibility index (Phi) is 15.7. The smallest absolute Gasteiger partial charge is 0.871 e. The number of ether oxygens (including phenoxy) is 4. The van der Waals surface area contributed by atoms with E-state index in [1.165, 1.54) is 60.7 Å². The van der Waals surface area contributed by atoms with Crippen LogP contribution in [0, 0.1) is 0 Å². The summed E-state index contributed by atoms with van der Waals surface area (Å²) in [5, 5.41) is 23.6. The summed E-state index contributed by atoms with van der Waals surface area (Å²) in [5.41, 5.74) is 0.704. The predicted octanol–water partition coefficient (Wildman–Crippen LogP) is -3.11. The van der Waals surface area contributed by atoms with E-state index >= 15 is 0 Å². The number of carbonyl (C=O) groups excluding carboxylic acids is 1. The second-order valence-corrected chi connectivity index (χ2v) is 18.0. The first-order chi connectivity index (χ1) is 27.7. The minimum absolute atomic E-state index is 0. The molecule has 0 radical (unpaired) electrons. The Morgan fingerprint density at radius 2 is 1.33 bits per heavy atom. The van der Waals surface area contributed by atoms with Gasteiger partial charge in [0, 0.05) is 58.3 Å². The van der Waals surface area contributed by atoms with Crippen molar-refractivity contribution in [3.63, 3.8) is 0 Å². The van der Waals surface area contributed by atoms with Gasteiger partial charge in [0.25, 0.3) is 0 Å². The van der Waals surface area contributed by atoms with Crippen molar-refractivity contribution in [1.29, 1.82) is 0 Å². The van der Waals surface area contributed by atoms with Gasteiger partial charge in [-0.1, -0.05) is 19.6 Å². The molecule has 0 atom stereocenters. The Hall–Kier alpha value is -2.10. The maximum Gasteiger partial charge on any atom is 1.00 e. The molecule has 4 aliphatic heterocycles. The number of anilines is 1. The van der Waals surface area contributed by atoms with Gasteiger partial charge in [0.15, 0.2) is 18.0 Å². The number of carboxylic acids is 1. The Labute approximate surface area is 438 Å². The maximum atomic E-state index is 14.0. The van der Waals surface area contributed by atoms with Crippen molar-refractivity contribution in [1.82, 2.24) is 0 Å². The van der Waals surface area contributed by atoms with E-state index in [-0.39, 0.29) is 184 Å². The molecule has 4 bridgehead atoms. The van der Waals surface area contributed by atoms with Gasteiger partial charge in [0.05, 0.1) is 40.6 Å². The molecule has 0 fully saturated rings. The van der Waals surface area contributed by atoms with Crippen molar-refractivity contribution in [3.05, 3.63) is 106 Å². The second-order valence-electron chi connectivity index (χ2n) is 15.3. The number of carbonyl (C=O) groups is 2. The molecule has 0 unspecified atom stereocenters. The third-order valence-corrected chi connectivity index (χ3v) is 12.5. The van der Waals surface area contributed by atoms with E-state index in [2.05, 4.69) is 0 Å². The van der Waals surface area contributed by atoms with Crippen molar-refractivity contribution in [2.75, 3.05) is 57.6 Å². The maximum absolute atomic E-state index is 14.0. The van der Waals surface area contributed by atoms with Crippen LogP contribution in [0.4, 0.5) is 11.4 Å². The topological polar surface area (TPSA) is 235 Å². The van der Waals surface area contributed by atoms with Crippen molar-refractivity contribution in [2.45, 2.75) is 48.3 Å². The average molecular weight is 927 g/mol. The standard InChI is InChI=1S/C41H42N2O14S2.2K/c1-40(2)31-20-27(58(48,49)50)5-7-33(31)42-9-11-54-13-15-56-25-17-24(39(46)47)18-26(19-25)57-16-14-55-12-10-43-34-8-6-28(59(51,52)53)21-32(34)41(3,4)36(43)23-30-37(44)29(38(30)45)22-35(40)42;;/h5-8,17-23H,9-16H2,1-4H3,(H3-,44,45,46,47,48,49,50,51,52,53);;/q;2*+1/p-2. The Morgan fingerprint density at radius 1 is 0.754 bits per heavy atom. The van der Waals surface area contributed by atoms with Crippen LogP contribution in [0.2, 0.25) is 0 Å². The number of nitrogens with zero attached hydrogens (tertiary/aromatic N) is 2. The van der Waals surface area contributed by atoms with Gasteiger partial charge in [-0.2, -0.15) is 4.58 Å². The molecular weight excluding hydrogens is 887 g/mol. The first-order valence-electron chi connectivity index (χ1n) is 18.5. The number of carboxylic acid groups (broad SMARTS) is 1. The van der Waals surface area contributed by atoms with Crippen LogP contribution in [0.3, 0.4) is 0 Å². The van der Waals surface area contributed by atoms with Gasteiger partial charge in [0.2, 0.25) is 5.69 Å². The van der Waals surface area contributed by atoms with Crippen LogP contribution in [0.5, 0.6) is 11.5 Å². The summed E-state index contributed by atoms with van der Waals surface area (Å²) in [4.78, 5) is 26.7. The minimum Gasteiger partial charge on any atom is -0.871 e. The van der Waals surface area contributed by atoms with Crippen LogP contribution in [0.25, 0.3) is 0 Å². The van der Waals surface area contributed by atoms with Gasteiger partial charge >= 0.3 is 109 Å². The van der Waals surface area contributed by atoms with Crippen molar-refractivity contribution in [3.8, 4) is 11.5 Å². The number of allylic oxidation sites excluding steroid dienone is 5. The molecule has 20 heteroatoms. The normalized spacial score (nSPS) is 20.0. The SMILES string of the molecule is CC1(C)C2=[N+](CCOCCOc3cc(cc(C(=O)O)c3)OCCOCCN3/C(=C/C4=C([O-])C(=C2)C4=O)C(C)(C)c2cc(S(=O)(=O)[O-])ccc23)c2ccc(S(=O)(=O)[O-])cc21.[K+].[K+]. The predicted molar refractivity (Wildman–Crippen MR) is 206 cm³/mol. The summed E-state index contributed by atoms with van der Waals surface area (Å²) in [6.45, 7) is 7.93. The third-order valence-electron chi connectivity index (χ3n) is 10.9. The van der Waals surface area contributed by atoms with Gasteiger partial charge in [-0.15, -0.1) is 0 Å². The molecule has 0 saturated carbocycles. The summed E-state index contributed by atoms with van der Waals surface area (Å²) < 4.78 is 97.3. The number of benzene rings is 3. The second kappa shape index (κ2) is 19.2. The molecular formula is C41H40K2N2O14S2. The summed E-state index contributed by atoms with van der Waals surface area (Å²) in [6.07, 6.45) is 2.94. The molecule has 4 heterocycles. The van der Waals surface area contributed by atoms with Crippen LogP contribution >= 0.6 is 0 Å². The number of ketones is 1. The molecule has 312 valence electrons. The van der Waals surface area contributed by atoms with Crippen molar-refractivity contribution in [2.24, 2.45) is 0 Å². The molecule has 5 aliphatic rings. The fourth-order valence-electron chi connectivity index (χ4n) is 7.81. The summed E-state index contributed by atoms with van der Waals surface area (Å²) in [5.74, 6) is -1.83. The zero-order chi connectivity index (χ0) is 42.7. The van der Waals surface area contributed by atoms with Crippen LogP contribution < -0.4 is 122 Å². The number of rotatable bonds is 3. The van der Waals surface area contributed by atoms with Crippen molar-refractivity contribution >= 4 is 49.1 Å². The van der Waals surface area contributed by atoms with Gasteiger partial charge in [-0.25, -0.2) is 21.6 Å². The zero-order valence-corrected chi connectivity index (χ0v) is 42.4. The fourth-order valence-corrected chi connectivity index (χ4v) is 8.80. The Morgan fingerprint density at radius 3 is 1.90 bits per heavy atom. The molecule has 3 aromatic rings. The van der Waals surface area contributed by atoms with Gasteiger partial charge < -0.3 is 43.2 Å². The van der Waals surface area contributed by atoms with Crippen LogP contribution in [0.1, 0.15) is 49.2 Å². The summed E-state index contributed by atoms with van der Waals surface area (Å²) in [6, 6.07) is 12.2. The van der Waals surface area contributed by atoms with Crippen LogP contribution in [-0.4, -0.2) is 106 Å². The number of fused-ring (bicyclic) bond motifs is 12. The molecule has 8 rings (SSSR count). The monoisotopic (exact) mass is 926 g/mol. The molecule has 16 nitrogen and oxygen atoms in total. The molecule has 0 amide bonds. The van der Waals surface area contributed by atoms with Gasteiger partial charge in [-0.3, -0.25) is 4.79 Å². The quantitative estimate of drug-likeness (QED) is 0.156. The zero-order valence-electron chi connectivity index (χ0n) is 34.5. The number of Topliss-reactive ketones (excluding diaryl/α,β-unsaturated/α-hetero) is 1. The van der Waals surface area contributed by atoms with E-state index in [0.717, 1.165) is 0 Å². The van der Waals surface area contributed by atoms with Gasteiger partial charge in [-0.05, 0) is 68.0 Å². The average Bonchev–Trinajstić information content (AvgIpc) is 3.51. The Balaban J connectivity index is 0.00000352. The summed E-state index contributed by atoms with van der Waals surface area (Å²) >= 11 is 0. The Bertz CT molecular complexity index is 2650. The van der Waals surface area contributed by atoms with E-state index in [1.807, 2.05) is 0 Å². The van der Waals surface area contributed by atoms with Crippen LogP contribution in [-0.2, 0) is 45.3 Å². The first-order valence-corrected chi connectivity index (χ1v) is 21.3.